The van der Waals surface area contributed by atoms with Crippen LogP contribution in [0.2, 0.25) is 0 Å². The summed E-state index contributed by atoms with van der Waals surface area (Å²) in [5, 5.41) is 3.43. The van der Waals surface area contributed by atoms with Crippen LogP contribution in [0, 0.1) is 5.41 Å². The van der Waals surface area contributed by atoms with Crippen molar-refractivity contribution in [3.05, 3.63) is 0 Å². The number of nitrogens with zero attached hydrogens (tertiary/aromatic N) is 2. The topological polar surface area (TPSA) is 35.6 Å². The Morgan fingerprint density at radius 1 is 1.05 bits per heavy atom. The maximum atomic E-state index is 12.9. The molecule has 0 aliphatic carbocycles. The van der Waals surface area contributed by atoms with Crippen LogP contribution in [-0.2, 0) is 4.79 Å². The summed E-state index contributed by atoms with van der Waals surface area (Å²) in [6.45, 7) is 9.92. The van der Waals surface area contributed by atoms with Gasteiger partial charge in [0, 0.05) is 19.1 Å². The molecule has 4 nitrogen and oxygen atoms in total. The lowest BCUT2D eigenvalue weighted by Crippen LogP contribution is -2.53. The molecular weight excluding hydrogens is 262 g/mol. The van der Waals surface area contributed by atoms with Crippen LogP contribution in [0.5, 0.6) is 0 Å². The SMILES string of the molecule is CC1(C)CCN(C(=O)C2CCCN2C2CCNCC2)CC1. The van der Waals surface area contributed by atoms with Gasteiger partial charge >= 0.3 is 0 Å². The van der Waals surface area contributed by atoms with Crippen LogP contribution in [0.4, 0.5) is 0 Å². The van der Waals surface area contributed by atoms with Crippen molar-refractivity contribution in [2.24, 2.45) is 5.41 Å². The summed E-state index contributed by atoms with van der Waals surface area (Å²) >= 11 is 0. The molecule has 4 heteroatoms. The molecule has 1 amide bonds. The van der Waals surface area contributed by atoms with Gasteiger partial charge in [0.05, 0.1) is 6.04 Å². The highest BCUT2D eigenvalue weighted by atomic mass is 16.2. The summed E-state index contributed by atoms with van der Waals surface area (Å²) in [6, 6.07) is 0.804. The van der Waals surface area contributed by atoms with E-state index in [4.69, 9.17) is 0 Å². The van der Waals surface area contributed by atoms with E-state index in [2.05, 4.69) is 29.0 Å². The minimum absolute atomic E-state index is 0.175. The van der Waals surface area contributed by atoms with Crippen LogP contribution in [0.1, 0.15) is 52.4 Å². The molecule has 0 aromatic heterocycles. The Balaban J connectivity index is 1.60. The van der Waals surface area contributed by atoms with Gasteiger partial charge in [0.25, 0.3) is 0 Å². The highest BCUT2D eigenvalue weighted by Gasteiger charge is 2.39. The molecule has 0 bridgehead atoms. The van der Waals surface area contributed by atoms with Crippen molar-refractivity contribution in [2.75, 3.05) is 32.7 Å². The first-order chi connectivity index (χ1) is 10.1. The third kappa shape index (κ3) is 3.42. The van der Waals surface area contributed by atoms with Crippen molar-refractivity contribution in [1.29, 1.82) is 0 Å². The lowest BCUT2D eigenvalue weighted by molar-refractivity contribution is -0.139. The van der Waals surface area contributed by atoms with Gasteiger partial charge in [0.15, 0.2) is 0 Å². The molecule has 0 aromatic rings. The number of hydrogen-bond donors (Lipinski definition) is 1. The zero-order valence-electron chi connectivity index (χ0n) is 13.7. The minimum Gasteiger partial charge on any atom is -0.341 e. The Hall–Kier alpha value is -0.610. The van der Waals surface area contributed by atoms with Gasteiger partial charge < -0.3 is 10.2 Å². The zero-order chi connectivity index (χ0) is 14.9. The number of carbonyl (C=O) groups excluding carboxylic acids is 1. The first-order valence-corrected chi connectivity index (χ1v) is 8.82. The molecule has 3 aliphatic heterocycles. The van der Waals surface area contributed by atoms with E-state index in [1.165, 1.54) is 19.3 Å². The van der Waals surface area contributed by atoms with Crippen molar-refractivity contribution in [1.82, 2.24) is 15.1 Å². The predicted molar refractivity (Wildman–Crippen MR) is 85.2 cm³/mol. The maximum Gasteiger partial charge on any atom is 0.239 e. The summed E-state index contributed by atoms with van der Waals surface area (Å²) in [7, 11) is 0. The third-order valence-electron chi connectivity index (χ3n) is 5.79. The molecule has 1 N–H and O–H groups in total. The second-order valence-electron chi connectivity index (χ2n) is 7.87. The molecular formula is C17H31N3O. The van der Waals surface area contributed by atoms with Crippen LogP contribution in [0.15, 0.2) is 0 Å². The van der Waals surface area contributed by atoms with Crippen LogP contribution < -0.4 is 5.32 Å². The minimum atomic E-state index is 0.175. The van der Waals surface area contributed by atoms with Gasteiger partial charge in [-0.3, -0.25) is 9.69 Å². The molecule has 0 saturated carbocycles. The van der Waals surface area contributed by atoms with E-state index in [9.17, 15) is 4.79 Å². The van der Waals surface area contributed by atoms with Gasteiger partial charge in [0.2, 0.25) is 5.91 Å². The lowest BCUT2D eigenvalue weighted by Gasteiger charge is -2.41. The fourth-order valence-corrected chi connectivity index (χ4v) is 4.17. The molecule has 120 valence electrons. The molecule has 3 saturated heterocycles. The summed E-state index contributed by atoms with van der Waals surface area (Å²) < 4.78 is 0. The summed E-state index contributed by atoms with van der Waals surface area (Å²) in [5.41, 5.74) is 0.418. The maximum absolute atomic E-state index is 12.9. The van der Waals surface area contributed by atoms with E-state index in [1.54, 1.807) is 0 Å². The summed E-state index contributed by atoms with van der Waals surface area (Å²) in [4.78, 5) is 17.6. The van der Waals surface area contributed by atoms with Gasteiger partial charge in [-0.2, -0.15) is 0 Å². The smallest absolute Gasteiger partial charge is 0.239 e. The quantitative estimate of drug-likeness (QED) is 0.844. The van der Waals surface area contributed by atoms with Gasteiger partial charge in [-0.25, -0.2) is 0 Å². The summed E-state index contributed by atoms with van der Waals surface area (Å²) in [6.07, 6.45) is 6.98. The zero-order valence-corrected chi connectivity index (χ0v) is 13.7. The third-order valence-corrected chi connectivity index (χ3v) is 5.79. The number of nitrogens with one attached hydrogen (secondary N) is 1. The Bertz CT molecular complexity index is 366. The molecule has 3 aliphatic rings. The Kier molecular flexibility index (Phi) is 4.55. The highest BCUT2D eigenvalue weighted by Crippen LogP contribution is 2.32. The number of piperidine rings is 2. The van der Waals surface area contributed by atoms with Gasteiger partial charge in [-0.15, -0.1) is 0 Å². The molecule has 1 unspecified atom stereocenters. The summed E-state index contributed by atoms with van der Waals surface area (Å²) in [5.74, 6) is 0.418. The van der Waals surface area contributed by atoms with E-state index in [1.807, 2.05) is 0 Å². The van der Waals surface area contributed by atoms with Crippen molar-refractivity contribution >= 4 is 5.91 Å². The number of rotatable bonds is 2. The average Bonchev–Trinajstić information content (AvgIpc) is 2.97. The van der Waals surface area contributed by atoms with Crippen LogP contribution in [0.25, 0.3) is 0 Å². The van der Waals surface area contributed by atoms with Crippen LogP contribution >= 0.6 is 0 Å². The fraction of sp³-hybridized carbons (Fsp3) is 0.941. The van der Waals surface area contributed by atoms with Crippen molar-refractivity contribution in [2.45, 2.75) is 64.5 Å². The molecule has 0 radical (unpaired) electrons. The van der Waals surface area contributed by atoms with Gasteiger partial charge in [-0.1, -0.05) is 13.8 Å². The van der Waals surface area contributed by atoms with E-state index in [-0.39, 0.29) is 6.04 Å². The fourth-order valence-electron chi connectivity index (χ4n) is 4.17. The van der Waals surface area contributed by atoms with E-state index < -0.39 is 0 Å². The first kappa shape index (κ1) is 15.3. The molecule has 3 fully saturated rings. The van der Waals surface area contributed by atoms with E-state index in [0.29, 0.717) is 17.4 Å². The molecule has 3 heterocycles. The molecule has 3 rings (SSSR count). The Morgan fingerprint density at radius 2 is 1.71 bits per heavy atom. The lowest BCUT2D eigenvalue weighted by atomic mass is 9.82. The van der Waals surface area contributed by atoms with Crippen molar-refractivity contribution < 1.29 is 4.79 Å². The molecule has 0 aromatic carbocycles. The number of hydrogen-bond acceptors (Lipinski definition) is 3. The molecule has 0 spiro atoms. The normalized spacial score (nSPS) is 31.5. The Labute approximate surface area is 129 Å². The number of carbonyl (C=O) groups is 1. The van der Waals surface area contributed by atoms with Crippen LogP contribution in [0.3, 0.4) is 0 Å². The second-order valence-corrected chi connectivity index (χ2v) is 7.87. The van der Waals surface area contributed by atoms with Gasteiger partial charge in [0.1, 0.15) is 0 Å². The van der Waals surface area contributed by atoms with Crippen molar-refractivity contribution in [3.63, 3.8) is 0 Å². The molecule has 1 atom stereocenters. The molecule has 21 heavy (non-hydrogen) atoms. The number of likely N-dealkylation sites (tertiary alicyclic amines) is 2. The number of amides is 1. The largest absolute Gasteiger partial charge is 0.341 e. The van der Waals surface area contributed by atoms with E-state index in [0.717, 1.165) is 52.0 Å². The van der Waals surface area contributed by atoms with E-state index >= 15 is 0 Å². The standard InChI is InChI=1S/C17H31N3O/c1-17(2)7-12-19(13-8-17)16(21)15-4-3-11-20(15)14-5-9-18-10-6-14/h14-15,18H,3-13H2,1-2H3. The van der Waals surface area contributed by atoms with Crippen LogP contribution in [-0.4, -0.2) is 60.5 Å². The predicted octanol–water partition coefficient (Wildman–Crippen LogP) is 1.85. The highest BCUT2D eigenvalue weighted by molar-refractivity contribution is 5.82. The first-order valence-electron chi connectivity index (χ1n) is 8.82. The van der Waals surface area contributed by atoms with Crippen molar-refractivity contribution in [3.8, 4) is 0 Å². The monoisotopic (exact) mass is 293 g/mol. The average molecular weight is 293 g/mol. The second kappa shape index (κ2) is 6.25. The van der Waals surface area contributed by atoms with Gasteiger partial charge in [-0.05, 0) is 63.6 Å². The Morgan fingerprint density at radius 3 is 2.38 bits per heavy atom.